The molecule has 0 aromatic rings. The molecular weight excluding hydrogens is 228 g/mol. The van der Waals surface area contributed by atoms with Gasteiger partial charge in [0, 0.05) is 0 Å². The highest BCUT2D eigenvalue weighted by atomic mass is 16.4. The van der Waals surface area contributed by atoms with Gasteiger partial charge in [-0.1, -0.05) is 71.1 Å². The minimum absolute atomic E-state index is 0.348. The van der Waals surface area contributed by atoms with Gasteiger partial charge >= 0.3 is 0 Å². The van der Waals surface area contributed by atoms with Crippen LogP contribution in [0.4, 0.5) is 0 Å². The third-order valence-corrected chi connectivity index (χ3v) is 3.48. The van der Waals surface area contributed by atoms with Gasteiger partial charge in [0.25, 0.3) is 0 Å². The quantitative estimate of drug-likeness (QED) is 0.446. The monoisotopic (exact) mass is 260 g/mol. The second-order valence-corrected chi connectivity index (χ2v) is 5.29. The minimum atomic E-state index is -0.969. The smallest absolute Gasteiger partial charge is 0.103 e. The van der Waals surface area contributed by atoms with E-state index in [0.29, 0.717) is 6.42 Å². The maximum absolute atomic E-state index is 9.43. The molecule has 3 nitrogen and oxygen atoms in total. The van der Waals surface area contributed by atoms with Gasteiger partial charge in [-0.2, -0.15) is 0 Å². The van der Waals surface area contributed by atoms with Gasteiger partial charge < -0.3 is 15.3 Å². The van der Waals surface area contributed by atoms with Crippen molar-refractivity contribution in [2.45, 2.75) is 89.8 Å². The molecule has 0 aliphatic rings. The molecule has 3 N–H and O–H groups in total. The molecule has 0 bridgehead atoms. The first-order valence-corrected chi connectivity index (χ1v) is 7.69. The summed E-state index contributed by atoms with van der Waals surface area (Å²) in [6.45, 7) is 1.89. The van der Waals surface area contributed by atoms with E-state index in [0.717, 1.165) is 12.8 Å². The molecule has 0 aliphatic carbocycles. The SMILES string of the molecule is CCCCCCCCCCCCC(O)[C@@H](O)CO. The summed E-state index contributed by atoms with van der Waals surface area (Å²) < 4.78 is 0. The van der Waals surface area contributed by atoms with Crippen LogP contribution in [-0.2, 0) is 0 Å². The summed E-state index contributed by atoms with van der Waals surface area (Å²) in [7, 11) is 0. The zero-order valence-corrected chi connectivity index (χ0v) is 12.0. The van der Waals surface area contributed by atoms with E-state index in [4.69, 9.17) is 10.2 Å². The molecule has 1 unspecified atom stereocenters. The number of hydrogen-bond acceptors (Lipinski definition) is 3. The van der Waals surface area contributed by atoms with Crippen molar-refractivity contribution >= 4 is 0 Å². The standard InChI is InChI=1S/C15H32O3/c1-2-3-4-5-6-7-8-9-10-11-12-14(17)15(18)13-16/h14-18H,2-13H2,1H3/t14?,15-/m0/s1. The van der Waals surface area contributed by atoms with Crippen molar-refractivity contribution in [1.82, 2.24) is 0 Å². The highest BCUT2D eigenvalue weighted by molar-refractivity contribution is 4.65. The molecule has 3 heteroatoms. The van der Waals surface area contributed by atoms with Crippen molar-refractivity contribution in [1.29, 1.82) is 0 Å². The summed E-state index contributed by atoms with van der Waals surface area (Å²) in [4.78, 5) is 0. The van der Waals surface area contributed by atoms with E-state index in [1.54, 1.807) is 0 Å². The van der Waals surface area contributed by atoms with E-state index in [1.165, 1.54) is 51.4 Å². The Morgan fingerprint density at radius 2 is 1.11 bits per heavy atom. The van der Waals surface area contributed by atoms with Crippen molar-refractivity contribution in [3.05, 3.63) is 0 Å². The second kappa shape index (κ2) is 13.3. The van der Waals surface area contributed by atoms with E-state index < -0.39 is 12.2 Å². The highest BCUT2D eigenvalue weighted by Gasteiger charge is 2.13. The summed E-state index contributed by atoms with van der Waals surface area (Å²) in [5, 5.41) is 27.3. The first-order valence-electron chi connectivity index (χ1n) is 7.69. The lowest BCUT2D eigenvalue weighted by Crippen LogP contribution is -2.28. The summed E-state index contributed by atoms with van der Waals surface area (Å²) in [6, 6.07) is 0. The fourth-order valence-corrected chi connectivity index (χ4v) is 2.15. The van der Waals surface area contributed by atoms with Gasteiger partial charge in [0.15, 0.2) is 0 Å². The first-order chi connectivity index (χ1) is 8.72. The van der Waals surface area contributed by atoms with Crippen molar-refractivity contribution in [2.24, 2.45) is 0 Å². The maximum atomic E-state index is 9.43. The molecule has 0 rings (SSSR count). The van der Waals surface area contributed by atoms with Crippen LogP contribution in [0, 0.1) is 0 Å². The van der Waals surface area contributed by atoms with Gasteiger partial charge in [0.1, 0.15) is 6.10 Å². The Kier molecular flexibility index (Phi) is 13.2. The normalized spacial score (nSPS) is 14.7. The Balaban J connectivity index is 3.11. The number of unbranched alkanes of at least 4 members (excludes halogenated alkanes) is 9. The second-order valence-electron chi connectivity index (χ2n) is 5.29. The summed E-state index contributed by atoms with van der Waals surface area (Å²) in [5.74, 6) is 0. The number of hydrogen-bond donors (Lipinski definition) is 3. The molecule has 2 atom stereocenters. The van der Waals surface area contributed by atoms with E-state index in [-0.39, 0.29) is 6.61 Å². The van der Waals surface area contributed by atoms with Crippen molar-refractivity contribution in [3.8, 4) is 0 Å². The molecule has 0 heterocycles. The van der Waals surface area contributed by atoms with Crippen LogP contribution < -0.4 is 0 Å². The molecule has 0 spiro atoms. The fraction of sp³-hybridized carbons (Fsp3) is 1.00. The Morgan fingerprint density at radius 1 is 0.667 bits per heavy atom. The van der Waals surface area contributed by atoms with Gasteiger partial charge in [-0.3, -0.25) is 0 Å². The lowest BCUT2D eigenvalue weighted by atomic mass is 10.0. The number of aliphatic hydroxyl groups excluding tert-OH is 3. The molecule has 18 heavy (non-hydrogen) atoms. The molecule has 0 amide bonds. The van der Waals surface area contributed by atoms with E-state index in [9.17, 15) is 5.11 Å². The largest absolute Gasteiger partial charge is 0.394 e. The van der Waals surface area contributed by atoms with Gasteiger partial charge in [0.2, 0.25) is 0 Å². The molecule has 0 radical (unpaired) electrons. The average molecular weight is 260 g/mol. The van der Waals surface area contributed by atoms with Crippen LogP contribution in [-0.4, -0.2) is 34.1 Å². The molecule has 0 saturated heterocycles. The lowest BCUT2D eigenvalue weighted by molar-refractivity contribution is -0.0185. The van der Waals surface area contributed by atoms with E-state index >= 15 is 0 Å². The zero-order valence-electron chi connectivity index (χ0n) is 12.0. The lowest BCUT2D eigenvalue weighted by Gasteiger charge is -2.14. The zero-order chi connectivity index (χ0) is 13.6. The van der Waals surface area contributed by atoms with E-state index in [2.05, 4.69) is 6.92 Å². The molecule has 0 saturated carbocycles. The minimum Gasteiger partial charge on any atom is -0.394 e. The van der Waals surface area contributed by atoms with Gasteiger partial charge in [-0.05, 0) is 6.42 Å². The van der Waals surface area contributed by atoms with Crippen molar-refractivity contribution in [3.63, 3.8) is 0 Å². The van der Waals surface area contributed by atoms with Crippen LogP contribution in [0.25, 0.3) is 0 Å². The topological polar surface area (TPSA) is 60.7 Å². The molecular formula is C15H32O3. The Labute approximate surface area is 112 Å². The first kappa shape index (κ1) is 17.9. The highest BCUT2D eigenvalue weighted by Crippen LogP contribution is 2.12. The summed E-state index contributed by atoms with van der Waals surface area (Å²) in [5.41, 5.74) is 0. The number of rotatable bonds is 13. The van der Waals surface area contributed by atoms with Crippen molar-refractivity contribution < 1.29 is 15.3 Å². The van der Waals surface area contributed by atoms with Crippen LogP contribution in [0.1, 0.15) is 77.6 Å². The van der Waals surface area contributed by atoms with Crippen LogP contribution in [0.2, 0.25) is 0 Å². The van der Waals surface area contributed by atoms with Crippen LogP contribution in [0.15, 0.2) is 0 Å². The van der Waals surface area contributed by atoms with Gasteiger partial charge in [-0.15, -0.1) is 0 Å². The predicted octanol–water partition coefficient (Wildman–Crippen LogP) is 3.01. The van der Waals surface area contributed by atoms with Crippen LogP contribution in [0.3, 0.4) is 0 Å². The maximum Gasteiger partial charge on any atom is 0.103 e. The fourth-order valence-electron chi connectivity index (χ4n) is 2.15. The molecule has 0 aromatic carbocycles. The molecule has 0 aromatic heterocycles. The predicted molar refractivity (Wildman–Crippen MR) is 75.6 cm³/mol. The number of aliphatic hydroxyl groups is 3. The molecule has 110 valence electrons. The van der Waals surface area contributed by atoms with Gasteiger partial charge in [0.05, 0.1) is 12.7 Å². The van der Waals surface area contributed by atoms with Crippen molar-refractivity contribution in [2.75, 3.05) is 6.61 Å². The molecule has 0 fully saturated rings. The van der Waals surface area contributed by atoms with E-state index in [1.807, 2.05) is 0 Å². The summed E-state index contributed by atoms with van der Waals surface area (Å²) in [6.07, 6.45) is 11.5. The molecule has 0 aliphatic heterocycles. The Morgan fingerprint density at radius 3 is 1.56 bits per heavy atom. The van der Waals surface area contributed by atoms with Crippen LogP contribution in [0.5, 0.6) is 0 Å². The van der Waals surface area contributed by atoms with Crippen LogP contribution >= 0.6 is 0 Å². The van der Waals surface area contributed by atoms with Gasteiger partial charge in [-0.25, -0.2) is 0 Å². The summed E-state index contributed by atoms with van der Waals surface area (Å²) >= 11 is 0. The Hall–Kier alpha value is -0.120. The third kappa shape index (κ3) is 11.0. The third-order valence-electron chi connectivity index (χ3n) is 3.48. The Bertz CT molecular complexity index is 162. The average Bonchev–Trinajstić information content (AvgIpc) is 2.39.